The van der Waals surface area contributed by atoms with Crippen LogP contribution in [0.3, 0.4) is 0 Å². The molecule has 6 heteroatoms. The first kappa shape index (κ1) is 21.3. The molecule has 0 N–H and O–H groups in total. The van der Waals surface area contributed by atoms with Crippen molar-refractivity contribution in [2.24, 2.45) is 0 Å². The molecule has 0 saturated carbocycles. The first-order chi connectivity index (χ1) is 15.5. The quantitative estimate of drug-likeness (QED) is 0.227. The van der Waals surface area contributed by atoms with Crippen molar-refractivity contribution in [3.63, 3.8) is 0 Å². The van der Waals surface area contributed by atoms with Crippen LogP contribution in [0, 0.1) is 0 Å². The van der Waals surface area contributed by atoms with E-state index >= 15 is 0 Å². The van der Waals surface area contributed by atoms with Crippen molar-refractivity contribution in [1.29, 1.82) is 0 Å². The number of ether oxygens (including phenoxy) is 2. The molecule has 4 rings (SSSR count). The summed E-state index contributed by atoms with van der Waals surface area (Å²) < 4.78 is 10.7. The first-order valence-electron chi connectivity index (χ1n) is 9.70. The molecule has 0 aliphatic heterocycles. The lowest BCUT2D eigenvalue weighted by atomic mass is 10.1. The molecule has 0 bridgehead atoms. The maximum Gasteiger partial charge on any atom is 0.336 e. The van der Waals surface area contributed by atoms with Crippen molar-refractivity contribution in [2.45, 2.75) is 0 Å². The van der Waals surface area contributed by atoms with Crippen LogP contribution in [0.15, 0.2) is 78.4 Å². The van der Waals surface area contributed by atoms with E-state index in [2.05, 4.69) is 0 Å². The van der Waals surface area contributed by atoms with Crippen LogP contribution in [0.2, 0.25) is 5.02 Å². The SMILES string of the molecule is COc1cc(C=C2C(=O)c3ccccc3C2=O)ccc1OC(=O)/C=C/c1ccccc1Cl. The van der Waals surface area contributed by atoms with Crippen LogP contribution in [-0.2, 0) is 4.79 Å². The molecular weight excluding hydrogens is 428 g/mol. The second-order valence-electron chi connectivity index (χ2n) is 6.95. The number of fused-ring (bicyclic) bond motifs is 1. The third-order valence-corrected chi connectivity index (χ3v) is 5.26. The minimum Gasteiger partial charge on any atom is -0.493 e. The maximum atomic E-state index is 12.6. The van der Waals surface area contributed by atoms with Gasteiger partial charge in [0.1, 0.15) is 0 Å². The van der Waals surface area contributed by atoms with Crippen molar-refractivity contribution >= 4 is 41.3 Å². The molecule has 0 atom stereocenters. The van der Waals surface area contributed by atoms with Crippen molar-refractivity contribution in [3.8, 4) is 11.5 Å². The number of ketones is 2. The molecule has 0 aromatic heterocycles. The minimum atomic E-state index is -0.606. The van der Waals surface area contributed by atoms with Crippen molar-refractivity contribution in [2.75, 3.05) is 7.11 Å². The van der Waals surface area contributed by atoms with Crippen LogP contribution < -0.4 is 9.47 Å². The monoisotopic (exact) mass is 444 g/mol. The minimum absolute atomic E-state index is 0.0840. The molecule has 0 fully saturated rings. The van der Waals surface area contributed by atoms with Gasteiger partial charge in [0.25, 0.3) is 0 Å². The normalized spacial score (nSPS) is 12.8. The summed E-state index contributed by atoms with van der Waals surface area (Å²) in [5, 5.41) is 0.518. The fourth-order valence-corrected chi connectivity index (χ4v) is 3.54. The number of Topliss-reactive ketones (excluding diaryl/α,β-unsaturated/α-hetero) is 2. The summed E-state index contributed by atoms with van der Waals surface area (Å²) in [6.07, 6.45) is 4.34. The van der Waals surface area contributed by atoms with Crippen LogP contribution >= 0.6 is 11.6 Å². The topological polar surface area (TPSA) is 69.7 Å². The van der Waals surface area contributed by atoms with Gasteiger partial charge in [0.15, 0.2) is 23.1 Å². The summed E-state index contributed by atoms with van der Waals surface area (Å²) in [6, 6.07) is 18.6. The van der Waals surface area contributed by atoms with Gasteiger partial charge in [0.2, 0.25) is 0 Å². The molecule has 3 aromatic carbocycles. The average molecular weight is 445 g/mol. The largest absolute Gasteiger partial charge is 0.493 e. The summed E-state index contributed by atoms with van der Waals surface area (Å²) in [6.45, 7) is 0. The maximum absolute atomic E-state index is 12.6. The Kier molecular flexibility index (Phi) is 6.01. The number of allylic oxidation sites excluding steroid dienone is 1. The lowest BCUT2D eigenvalue weighted by molar-refractivity contribution is -0.129. The zero-order chi connectivity index (χ0) is 22.7. The Morgan fingerprint density at radius 2 is 1.53 bits per heavy atom. The van der Waals surface area contributed by atoms with E-state index in [1.165, 1.54) is 19.3 Å². The van der Waals surface area contributed by atoms with Gasteiger partial charge in [-0.25, -0.2) is 4.79 Å². The van der Waals surface area contributed by atoms with Gasteiger partial charge in [0.05, 0.1) is 12.7 Å². The van der Waals surface area contributed by atoms with Gasteiger partial charge in [-0.15, -0.1) is 0 Å². The van der Waals surface area contributed by atoms with Crippen LogP contribution in [0.5, 0.6) is 11.5 Å². The molecule has 1 aliphatic carbocycles. The molecule has 0 radical (unpaired) electrons. The van der Waals surface area contributed by atoms with E-state index in [4.69, 9.17) is 21.1 Å². The molecule has 158 valence electrons. The molecule has 32 heavy (non-hydrogen) atoms. The Bertz CT molecular complexity index is 1270. The number of carbonyl (C=O) groups excluding carboxylic acids is 3. The first-order valence-corrected chi connectivity index (χ1v) is 10.1. The second-order valence-corrected chi connectivity index (χ2v) is 7.36. The summed E-state index contributed by atoms with van der Waals surface area (Å²) in [4.78, 5) is 37.4. The molecule has 0 spiro atoms. The van der Waals surface area contributed by atoms with E-state index in [-0.39, 0.29) is 28.6 Å². The molecule has 0 saturated heterocycles. The molecule has 0 unspecified atom stereocenters. The summed E-state index contributed by atoms with van der Waals surface area (Å²) in [5.74, 6) is -0.745. The van der Waals surface area contributed by atoms with Crippen LogP contribution in [-0.4, -0.2) is 24.6 Å². The zero-order valence-electron chi connectivity index (χ0n) is 17.0. The Balaban J connectivity index is 1.54. The van der Waals surface area contributed by atoms with Crippen LogP contribution in [0.4, 0.5) is 0 Å². The number of benzene rings is 3. The molecule has 0 amide bonds. The zero-order valence-corrected chi connectivity index (χ0v) is 17.8. The van der Waals surface area contributed by atoms with Gasteiger partial charge in [-0.05, 0) is 41.5 Å². The van der Waals surface area contributed by atoms with Crippen LogP contribution in [0.25, 0.3) is 12.2 Å². The lowest BCUT2D eigenvalue weighted by Crippen LogP contribution is -2.05. The summed E-state index contributed by atoms with van der Waals surface area (Å²) >= 11 is 6.08. The third kappa shape index (κ3) is 4.24. The Labute approximate surface area is 189 Å². The third-order valence-electron chi connectivity index (χ3n) is 4.92. The van der Waals surface area contributed by atoms with Crippen molar-refractivity contribution < 1.29 is 23.9 Å². The van der Waals surface area contributed by atoms with E-state index in [0.29, 0.717) is 27.3 Å². The molecular formula is C26H17ClO5. The van der Waals surface area contributed by atoms with E-state index in [1.54, 1.807) is 66.7 Å². The van der Waals surface area contributed by atoms with E-state index in [1.807, 2.05) is 6.07 Å². The number of halogens is 1. The fraction of sp³-hybridized carbons (Fsp3) is 0.0385. The number of methoxy groups -OCH3 is 1. The number of hydrogen-bond donors (Lipinski definition) is 0. The highest BCUT2D eigenvalue weighted by atomic mass is 35.5. The second kappa shape index (κ2) is 9.04. The van der Waals surface area contributed by atoms with Crippen molar-refractivity contribution in [3.05, 3.63) is 106 Å². The Morgan fingerprint density at radius 3 is 2.19 bits per heavy atom. The number of hydrogen-bond acceptors (Lipinski definition) is 5. The Hall–Kier alpha value is -3.96. The number of esters is 1. The average Bonchev–Trinajstić information content (AvgIpc) is 3.04. The number of carbonyl (C=O) groups is 3. The van der Waals surface area contributed by atoms with Gasteiger partial charge in [-0.1, -0.05) is 60.1 Å². The van der Waals surface area contributed by atoms with Gasteiger partial charge in [0, 0.05) is 22.2 Å². The highest BCUT2D eigenvalue weighted by Crippen LogP contribution is 2.32. The predicted molar refractivity (Wildman–Crippen MR) is 122 cm³/mol. The highest BCUT2D eigenvalue weighted by Gasteiger charge is 2.32. The smallest absolute Gasteiger partial charge is 0.336 e. The Morgan fingerprint density at radius 1 is 0.875 bits per heavy atom. The van der Waals surface area contributed by atoms with Gasteiger partial charge < -0.3 is 9.47 Å². The van der Waals surface area contributed by atoms with Gasteiger partial charge in [-0.3, -0.25) is 9.59 Å². The standard InChI is InChI=1S/C26H17ClO5/c1-31-23-15-16(14-20-25(29)18-7-3-4-8-19(18)26(20)30)10-12-22(23)32-24(28)13-11-17-6-2-5-9-21(17)27/h2-15H,1H3/b13-11+. The van der Waals surface area contributed by atoms with Gasteiger partial charge >= 0.3 is 5.97 Å². The predicted octanol–water partition coefficient (Wildman–Crippen LogP) is 5.43. The molecule has 5 nitrogen and oxygen atoms in total. The summed E-state index contributed by atoms with van der Waals surface area (Å²) in [7, 11) is 1.44. The fourth-order valence-electron chi connectivity index (χ4n) is 3.34. The molecule has 1 aliphatic rings. The van der Waals surface area contributed by atoms with Crippen molar-refractivity contribution in [1.82, 2.24) is 0 Å². The molecule has 0 heterocycles. The highest BCUT2D eigenvalue weighted by molar-refractivity contribution is 6.41. The molecule has 3 aromatic rings. The number of rotatable bonds is 5. The lowest BCUT2D eigenvalue weighted by Gasteiger charge is -2.09. The summed E-state index contributed by atoms with van der Waals surface area (Å²) in [5.41, 5.74) is 2.13. The van der Waals surface area contributed by atoms with Gasteiger partial charge in [-0.2, -0.15) is 0 Å². The van der Waals surface area contributed by atoms with E-state index < -0.39 is 5.97 Å². The van der Waals surface area contributed by atoms with E-state index in [9.17, 15) is 14.4 Å². The van der Waals surface area contributed by atoms with E-state index in [0.717, 1.165) is 0 Å². The van der Waals surface area contributed by atoms with Crippen LogP contribution in [0.1, 0.15) is 31.8 Å².